The van der Waals surface area contributed by atoms with Crippen LogP contribution >= 0.6 is 0 Å². The maximum atomic E-state index is 12.8. The van der Waals surface area contributed by atoms with Gasteiger partial charge in [0.2, 0.25) is 0 Å². The van der Waals surface area contributed by atoms with E-state index in [0.29, 0.717) is 54.7 Å². The molecule has 1 aromatic heterocycles. The van der Waals surface area contributed by atoms with Gasteiger partial charge in [-0.15, -0.1) is 13.2 Å². The molecular formula is C25H26F3N3O4. The minimum Gasteiger partial charge on any atom is -0.490 e. The van der Waals surface area contributed by atoms with Crippen molar-refractivity contribution in [2.75, 3.05) is 30.4 Å². The quantitative estimate of drug-likeness (QED) is 0.361. The van der Waals surface area contributed by atoms with E-state index in [-0.39, 0.29) is 5.75 Å². The third kappa shape index (κ3) is 7.80. The number of rotatable bonds is 11. The van der Waals surface area contributed by atoms with Crippen LogP contribution in [0, 0.1) is 0 Å². The lowest BCUT2D eigenvalue weighted by Gasteiger charge is -2.14. The smallest absolute Gasteiger partial charge is 0.490 e. The number of aromatic nitrogens is 1. The van der Waals surface area contributed by atoms with E-state index >= 15 is 0 Å². The Bertz CT molecular complexity index is 1120. The Morgan fingerprint density at radius 2 is 1.69 bits per heavy atom. The average molecular weight is 489 g/mol. The first-order chi connectivity index (χ1) is 16.8. The molecule has 2 aromatic carbocycles. The van der Waals surface area contributed by atoms with Crippen LogP contribution < -0.4 is 24.8 Å². The predicted molar refractivity (Wildman–Crippen MR) is 126 cm³/mol. The zero-order valence-corrected chi connectivity index (χ0v) is 19.3. The van der Waals surface area contributed by atoms with Gasteiger partial charge in [0, 0.05) is 18.4 Å². The van der Waals surface area contributed by atoms with Gasteiger partial charge in [-0.1, -0.05) is 6.07 Å². The summed E-state index contributed by atoms with van der Waals surface area (Å²) in [5, 5.41) is 5.82. The molecule has 0 spiro atoms. The fraction of sp³-hybridized carbons (Fsp3) is 0.280. The van der Waals surface area contributed by atoms with Gasteiger partial charge in [0.1, 0.15) is 11.6 Å². The van der Waals surface area contributed by atoms with Crippen molar-refractivity contribution in [3.05, 3.63) is 71.9 Å². The molecule has 0 aliphatic rings. The van der Waals surface area contributed by atoms with E-state index in [1.54, 1.807) is 18.3 Å². The van der Waals surface area contributed by atoms with Crippen molar-refractivity contribution in [3.8, 4) is 17.2 Å². The van der Waals surface area contributed by atoms with Crippen LogP contribution in [0.15, 0.2) is 60.8 Å². The average Bonchev–Trinajstić information content (AvgIpc) is 2.81. The second-order valence-electron chi connectivity index (χ2n) is 7.25. The van der Waals surface area contributed by atoms with Crippen LogP contribution in [0.1, 0.15) is 29.8 Å². The Balaban J connectivity index is 1.62. The highest BCUT2D eigenvalue weighted by Crippen LogP contribution is 2.29. The van der Waals surface area contributed by atoms with Crippen LogP contribution in [-0.4, -0.2) is 37.0 Å². The van der Waals surface area contributed by atoms with Crippen LogP contribution in [0.4, 0.5) is 24.7 Å². The number of carbonyl (C=O) groups excluding carboxylic acids is 1. The van der Waals surface area contributed by atoms with Crippen molar-refractivity contribution in [1.29, 1.82) is 0 Å². The molecule has 0 aliphatic carbocycles. The normalized spacial score (nSPS) is 11.0. The molecular weight excluding hydrogens is 463 g/mol. The molecule has 1 amide bonds. The maximum Gasteiger partial charge on any atom is 0.573 e. The molecule has 3 rings (SSSR count). The molecule has 0 aliphatic heterocycles. The molecule has 0 radical (unpaired) electrons. The van der Waals surface area contributed by atoms with Gasteiger partial charge in [-0.3, -0.25) is 4.79 Å². The molecule has 0 bridgehead atoms. The second-order valence-corrected chi connectivity index (χ2v) is 7.25. The Morgan fingerprint density at radius 1 is 0.971 bits per heavy atom. The van der Waals surface area contributed by atoms with E-state index in [1.807, 2.05) is 32.0 Å². The molecule has 0 saturated heterocycles. The van der Waals surface area contributed by atoms with Crippen molar-refractivity contribution < 1.29 is 32.2 Å². The van der Waals surface area contributed by atoms with Gasteiger partial charge in [-0.2, -0.15) is 0 Å². The van der Waals surface area contributed by atoms with Crippen LogP contribution in [0.3, 0.4) is 0 Å². The molecule has 0 fully saturated rings. The number of nitrogens with zero attached hydrogens (tertiary/aromatic N) is 1. The molecule has 0 atom stereocenters. The molecule has 0 saturated carbocycles. The van der Waals surface area contributed by atoms with Crippen molar-refractivity contribution in [3.63, 3.8) is 0 Å². The van der Waals surface area contributed by atoms with Gasteiger partial charge in [0.25, 0.3) is 5.91 Å². The first-order valence-electron chi connectivity index (χ1n) is 11.0. The van der Waals surface area contributed by atoms with E-state index in [2.05, 4.69) is 20.4 Å². The number of halogens is 3. The lowest BCUT2D eigenvalue weighted by Crippen LogP contribution is -2.18. The Hall–Kier alpha value is -3.95. The summed E-state index contributed by atoms with van der Waals surface area (Å²) in [6.45, 7) is 5.37. The van der Waals surface area contributed by atoms with Gasteiger partial charge in [-0.05, 0) is 74.4 Å². The lowest BCUT2D eigenvalue weighted by atomic mass is 10.1. The van der Waals surface area contributed by atoms with Crippen LogP contribution in [-0.2, 0) is 6.42 Å². The van der Waals surface area contributed by atoms with E-state index < -0.39 is 12.3 Å². The van der Waals surface area contributed by atoms with Crippen LogP contribution in [0.2, 0.25) is 0 Å². The Labute approximate surface area is 201 Å². The molecule has 0 unspecified atom stereocenters. The zero-order chi connectivity index (χ0) is 25.3. The number of hydrogen-bond donors (Lipinski definition) is 2. The maximum absolute atomic E-state index is 12.8. The highest BCUT2D eigenvalue weighted by molar-refractivity contribution is 6.07. The summed E-state index contributed by atoms with van der Waals surface area (Å²) in [5.74, 6) is 0.924. The number of amides is 1. The monoisotopic (exact) mass is 489 g/mol. The Morgan fingerprint density at radius 3 is 2.37 bits per heavy atom. The van der Waals surface area contributed by atoms with Gasteiger partial charge in [0.15, 0.2) is 11.5 Å². The van der Waals surface area contributed by atoms with Crippen molar-refractivity contribution in [2.45, 2.75) is 26.6 Å². The molecule has 7 nitrogen and oxygen atoms in total. The number of hydrogen-bond acceptors (Lipinski definition) is 6. The summed E-state index contributed by atoms with van der Waals surface area (Å²) >= 11 is 0. The lowest BCUT2D eigenvalue weighted by molar-refractivity contribution is -0.274. The number of anilines is 2. The number of carbonyl (C=O) groups is 1. The fourth-order valence-electron chi connectivity index (χ4n) is 3.24. The number of benzene rings is 2. The molecule has 2 N–H and O–H groups in total. The fourth-order valence-corrected chi connectivity index (χ4v) is 3.24. The summed E-state index contributed by atoms with van der Waals surface area (Å²) < 4.78 is 52.0. The van der Waals surface area contributed by atoms with Gasteiger partial charge in [-0.25, -0.2) is 4.98 Å². The molecule has 10 heteroatoms. The standard InChI is InChI=1S/C25H26F3N3O4/c1-3-33-21-12-7-17(16-22(21)34-4-2)13-15-30-23-20(6-5-14-29-23)24(32)31-18-8-10-19(11-9-18)35-25(26,27)28/h5-12,14,16H,3-4,13,15H2,1-2H3,(H,29,30)(H,31,32). The molecule has 35 heavy (non-hydrogen) atoms. The molecule has 1 heterocycles. The number of ether oxygens (including phenoxy) is 3. The Kier molecular flexibility index (Phi) is 8.77. The van der Waals surface area contributed by atoms with Gasteiger partial charge in [0.05, 0.1) is 18.8 Å². The van der Waals surface area contributed by atoms with Crippen molar-refractivity contribution >= 4 is 17.4 Å². The molecule has 186 valence electrons. The summed E-state index contributed by atoms with van der Waals surface area (Å²) in [6, 6.07) is 13.9. The van der Waals surface area contributed by atoms with Gasteiger partial charge >= 0.3 is 6.36 Å². The summed E-state index contributed by atoms with van der Waals surface area (Å²) in [4.78, 5) is 17.0. The van der Waals surface area contributed by atoms with Crippen molar-refractivity contribution in [1.82, 2.24) is 4.98 Å². The summed E-state index contributed by atoms with van der Waals surface area (Å²) in [6.07, 6.45) is -2.58. The highest BCUT2D eigenvalue weighted by atomic mass is 19.4. The summed E-state index contributed by atoms with van der Waals surface area (Å²) in [5.41, 5.74) is 1.63. The number of pyridine rings is 1. The van der Waals surface area contributed by atoms with Crippen molar-refractivity contribution in [2.24, 2.45) is 0 Å². The van der Waals surface area contributed by atoms with E-state index in [0.717, 1.165) is 17.7 Å². The topological polar surface area (TPSA) is 81.7 Å². The first kappa shape index (κ1) is 25.7. The third-order valence-corrected chi connectivity index (χ3v) is 4.71. The van der Waals surface area contributed by atoms with E-state index in [9.17, 15) is 18.0 Å². The minimum absolute atomic E-state index is 0.296. The number of alkyl halides is 3. The third-order valence-electron chi connectivity index (χ3n) is 4.71. The largest absolute Gasteiger partial charge is 0.573 e. The second kappa shape index (κ2) is 12.0. The van der Waals surface area contributed by atoms with E-state index in [4.69, 9.17) is 9.47 Å². The zero-order valence-electron chi connectivity index (χ0n) is 19.3. The SMILES string of the molecule is CCOc1ccc(CCNc2ncccc2C(=O)Nc2ccc(OC(F)(F)F)cc2)cc1OCC. The minimum atomic E-state index is -4.78. The van der Waals surface area contributed by atoms with Crippen LogP contribution in [0.5, 0.6) is 17.2 Å². The highest BCUT2D eigenvalue weighted by Gasteiger charge is 2.31. The predicted octanol–water partition coefficient (Wildman–Crippen LogP) is 5.68. The number of nitrogens with one attached hydrogen (secondary N) is 2. The molecule has 3 aromatic rings. The van der Waals surface area contributed by atoms with E-state index in [1.165, 1.54) is 12.1 Å². The van der Waals surface area contributed by atoms with Gasteiger partial charge < -0.3 is 24.8 Å². The summed E-state index contributed by atoms with van der Waals surface area (Å²) in [7, 11) is 0. The van der Waals surface area contributed by atoms with Crippen LogP contribution in [0.25, 0.3) is 0 Å². The first-order valence-corrected chi connectivity index (χ1v) is 11.0.